The number of oxime groups is 1. The standard InChI is InChI=1S/C20H29NO3/c1-19-8-6-13(22)10-12(19)4-5-14-15(19)7-9-20(2)17(23)11-16(18(14)20)21-24-3/h12,14-15,18H,4-11H2,1-3H3/t12-,14+,15-,18+,19-,20+/m0/s1. The molecule has 0 N–H and O–H groups in total. The molecule has 0 saturated heterocycles. The van der Waals surface area contributed by atoms with Crippen LogP contribution in [-0.2, 0) is 14.4 Å². The maximum atomic E-state index is 12.7. The molecule has 6 atom stereocenters. The number of fused-ring (bicyclic) bond motifs is 5. The molecule has 0 heterocycles. The van der Waals surface area contributed by atoms with Gasteiger partial charge < -0.3 is 4.84 Å². The molecule has 0 spiro atoms. The van der Waals surface area contributed by atoms with Crippen molar-refractivity contribution in [2.75, 3.05) is 7.11 Å². The van der Waals surface area contributed by atoms with Gasteiger partial charge in [0.05, 0.1) is 5.71 Å². The van der Waals surface area contributed by atoms with Crippen LogP contribution in [0.3, 0.4) is 0 Å². The topological polar surface area (TPSA) is 55.7 Å². The zero-order valence-corrected chi connectivity index (χ0v) is 15.1. The number of rotatable bonds is 1. The molecule has 24 heavy (non-hydrogen) atoms. The molecule has 4 saturated carbocycles. The van der Waals surface area contributed by atoms with E-state index in [0.29, 0.717) is 35.7 Å². The maximum Gasteiger partial charge on any atom is 0.145 e. The normalized spacial score (nSPS) is 49.5. The van der Waals surface area contributed by atoms with E-state index >= 15 is 0 Å². The van der Waals surface area contributed by atoms with Crippen LogP contribution in [0.1, 0.15) is 65.2 Å². The van der Waals surface area contributed by atoms with Gasteiger partial charge in [-0.3, -0.25) is 9.59 Å². The summed E-state index contributed by atoms with van der Waals surface area (Å²) in [5.74, 6) is 2.75. The van der Waals surface area contributed by atoms with Crippen LogP contribution in [0.25, 0.3) is 0 Å². The Morgan fingerprint density at radius 3 is 2.67 bits per heavy atom. The molecule has 4 rings (SSSR count). The van der Waals surface area contributed by atoms with Gasteiger partial charge in [0, 0.05) is 30.6 Å². The predicted molar refractivity (Wildman–Crippen MR) is 91.6 cm³/mol. The first-order chi connectivity index (χ1) is 11.4. The molecule has 0 aromatic heterocycles. The summed E-state index contributed by atoms with van der Waals surface area (Å²) in [6.07, 6.45) is 7.39. The molecule has 4 heteroatoms. The smallest absolute Gasteiger partial charge is 0.145 e. The zero-order valence-electron chi connectivity index (χ0n) is 15.1. The Morgan fingerprint density at radius 2 is 1.92 bits per heavy atom. The summed E-state index contributed by atoms with van der Waals surface area (Å²) in [4.78, 5) is 29.8. The van der Waals surface area contributed by atoms with Gasteiger partial charge >= 0.3 is 0 Å². The van der Waals surface area contributed by atoms with Crippen LogP contribution in [-0.4, -0.2) is 24.4 Å². The molecule has 0 aromatic rings. The Balaban J connectivity index is 1.70. The van der Waals surface area contributed by atoms with Gasteiger partial charge in [-0.05, 0) is 55.3 Å². The molecule has 4 aliphatic rings. The van der Waals surface area contributed by atoms with Crippen molar-refractivity contribution >= 4 is 17.3 Å². The predicted octanol–water partition coefficient (Wildman–Crippen LogP) is 3.78. The van der Waals surface area contributed by atoms with Crippen LogP contribution in [0.2, 0.25) is 0 Å². The van der Waals surface area contributed by atoms with E-state index in [4.69, 9.17) is 4.84 Å². The van der Waals surface area contributed by atoms with Crippen molar-refractivity contribution in [3.63, 3.8) is 0 Å². The summed E-state index contributed by atoms with van der Waals surface area (Å²) in [7, 11) is 1.58. The summed E-state index contributed by atoms with van der Waals surface area (Å²) in [5, 5.41) is 4.28. The van der Waals surface area contributed by atoms with Crippen LogP contribution in [0.5, 0.6) is 0 Å². The first-order valence-electron chi connectivity index (χ1n) is 9.55. The molecule has 4 aliphatic carbocycles. The number of hydrogen-bond donors (Lipinski definition) is 0. The second-order valence-electron chi connectivity index (χ2n) is 9.09. The van der Waals surface area contributed by atoms with Gasteiger partial charge in [-0.15, -0.1) is 0 Å². The van der Waals surface area contributed by atoms with Crippen LogP contribution >= 0.6 is 0 Å². The number of nitrogens with zero attached hydrogens (tertiary/aromatic N) is 1. The highest BCUT2D eigenvalue weighted by Crippen LogP contribution is 2.64. The lowest BCUT2D eigenvalue weighted by Crippen LogP contribution is -2.54. The minimum atomic E-state index is -0.244. The monoisotopic (exact) mass is 331 g/mol. The van der Waals surface area contributed by atoms with Gasteiger partial charge in [0.25, 0.3) is 0 Å². The maximum absolute atomic E-state index is 12.7. The first kappa shape index (κ1) is 16.3. The summed E-state index contributed by atoms with van der Waals surface area (Å²) in [6, 6.07) is 0. The molecule has 4 nitrogen and oxygen atoms in total. The largest absolute Gasteiger partial charge is 0.399 e. The van der Waals surface area contributed by atoms with Gasteiger partial charge in [-0.25, -0.2) is 0 Å². The Labute approximate surface area is 144 Å². The Morgan fingerprint density at radius 1 is 1.12 bits per heavy atom. The third-order valence-electron chi connectivity index (χ3n) is 8.20. The Kier molecular flexibility index (Phi) is 3.67. The van der Waals surface area contributed by atoms with E-state index in [-0.39, 0.29) is 16.7 Å². The molecule has 0 radical (unpaired) electrons. The third kappa shape index (κ3) is 2.07. The summed E-state index contributed by atoms with van der Waals surface area (Å²) in [6.45, 7) is 4.58. The summed E-state index contributed by atoms with van der Waals surface area (Å²) in [5.41, 5.74) is 1.00. The van der Waals surface area contributed by atoms with Crippen molar-refractivity contribution in [2.45, 2.75) is 65.2 Å². The van der Waals surface area contributed by atoms with Crippen molar-refractivity contribution in [1.29, 1.82) is 0 Å². The Hall–Kier alpha value is -1.19. The van der Waals surface area contributed by atoms with Gasteiger partial charge in [0.2, 0.25) is 0 Å². The van der Waals surface area contributed by atoms with E-state index in [9.17, 15) is 9.59 Å². The highest BCUT2D eigenvalue weighted by molar-refractivity contribution is 6.13. The SMILES string of the molecule is CON=C1CC(=O)[C@@]2(C)CC[C@H]3[C@@H](CC[C@H]4CC(=O)CC[C@@]43C)[C@H]12. The molecule has 0 unspecified atom stereocenters. The lowest BCUT2D eigenvalue weighted by molar-refractivity contribution is -0.142. The second-order valence-corrected chi connectivity index (χ2v) is 9.09. The molecule has 0 aromatic carbocycles. The summed E-state index contributed by atoms with van der Waals surface area (Å²) >= 11 is 0. The molecule has 0 aliphatic heterocycles. The fourth-order valence-electron chi connectivity index (χ4n) is 6.86. The lowest BCUT2D eigenvalue weighted by atomic mass is 9.45. The fourth-order valence-corrected chi connectivity index (χ4v) is 6.86. The Bertz CT molecular complexity index is 612. The van der Waals surface area contributed by atoms with Crippen LogP contribution in [0, 0.1) is 34.5 Å². The van der Waals surface area contributed by atoms with Gasteiger partial charge in [-0.1, -0.05) is 19.0 Å². The number of carbonyl (C=O) groups excluding carboxylic acids is 2. The highest BCUT2D eigenvalue weighted by Gasteiger charge is 2.62. The quantitative estimate of drug-likeness (QED) is 0.687. The second kappa shape index (κ2) is 5.40. The highest BCUT2D eigenvalue weighted by atomic mass is 16.6. The van der Waals surface area contributed by atoms with Crippen molar-refractivity contribution < 1.29 is 14.4 Å². The number of Topliss-reactive ketones (excluding diaryl/α,β-unsaturated/α-hetero) is 2. The summed E-state index contributed by atoms with van der Waals surface area (Å²) < 4.78 is 0. The number of hydrogen-bond acceptors (Lipinski definition) is 4. The molecule has 0 amide bonds. The third-order valence-corrected chi connectivity index (χ3v) is 8.20. The van der Waals surface area contributed by atoms with Crippen LogP contribution in [0.4, 0.5) is 0 Å². The molecular weight excluding hydrogens is 302 g/mol. The molecule has 0 bridgehead atoms. The average molecular weight is 331 g/mol. The van der Waals surface area contributed by atoms with Gasteiger partial charge in [0.1, 0.15) is 18.7 Å². The van der Waals surface area contributed by atoms with Crippen LogP contribution in [0.15, 0.2) is 5.16 Å². The lowest BCUT2D eigenvalue weighted by Gasteiger charge is -2.59. The molecule has 132 valence electrons. The van der Waals surface area contributed by atoms with E-state index in [1.807, 2.05) is 0 Å². The zero-order chi connectivity index (χ0) is 17.1. The van der Waals surface area contributed by atoms with E-state index < -0.39 is 0 Å². The average Bonchev–Trinajstić information content (AvgIpc) is 2.79. The molecular formula is C20H29NO3. The van der Waals surface area contributed by atoms with Crippen molar-refractivity contribution in [3.8, 4) is 0 Å². The van der Waals surface area contributed by atoms with Crippen LogP contribution < -0.4 is 0 Å². The van der Waals surface area contributed by atoms with Gasteiger partial charge in [-0.2, -0.15) is 0 Å². The van der Waals surface area contributed by atoms with E-state index in [2.05, 4.69) is 19.0 Å². The minimum Gasteiger partial charge on any atom is -0.399 e. The van der Waals surface area contributed by atoms with Crippen molar-refractivity contribution in [2.24, 2.45) is 39.7 Å². The number of ketones is 2. The number of carbonyl (C=O) groups is 2. The van der Waals surface area contributed by atoms with E-state index in [0.717, 1.165) is 50.7 Å². The first-order valence-corrected chi connectivity index (χ1v) is 9.55. The minimum absolute atomic E-state index is 0.244. The van der Waals surface area contributed by atoms with Gasteiger partial charge in [0.15, 0.2) is 0 Å². The fraction of sp³-hybridized carbons (Fsp3) is 0.850. The van der Waals surface area contributed by atoms with Crippen molar-refractivity contribution in [1.82, 2.24) is 0 Å². The van der Waals surface area contributed by atoms with Crippen molar-refractivity contribution in [3.05, 3.63) is 0 Å². The van der Waals surface area contributed by atoms with E-state index in [1.54, 1.807) is 7.11 Å². The van der Waals surface area contributed by atoms with E-state index in [1.165, 1.54) is 0 Å². The molecule has 4 fully saturated rings.